The van der Waals surface area contributed by atoms with E-state index >= 15 is 0 Å². The number of methoxy groups -OCH3 is 1. The Morgan fingerprint density at radius 2 is 1.59 bits per heavy atom. The minimum atomic E-state index is -1.15. The number of benzene rings is 3. The van der Waals surface area contributed by atoms with Crippen LogP contribution in [0, 0.1) is 6.92 Å². The van der Waals surface area contributed by atoms with Gasteiger partial charge in [-0.25, -0.2) is 0 Å². The summed E-state index contributed by atoms with van der Waals surface area (Å²) in [6.07, 6.45) is -1.27. The van der Waals surface area contributed by atoms with Crippen LogP contribution in [0.15, 0.2) is 78.9 Å². The first kappa shape index (κ1) is 22.7. The average Bonchev–Trinajstić information content (AvgIpc) is 2.82. The van der Waals surface area contributed by atoms with Crippen molar-refractivity contribution < 1.29 is 23.9 Å². The van der Waals surface area contributed by atoms with E-state index in [2.05, 4.69) is 5.32 Å². The number of rotatable bonds is 9. The second-order valence-electron chi connectivity index (χ2n) is 7.29. The van der Waals surface area contributed by atoms with Gasteiger partial charge in [0.25, 0.3) is 5.91 Å². The van der Waals surface area contributed by atoms with Crippen LogP contribution in [-0.4, -0.2) is 24.8 Å². The van der Waals surface area contributed by atoms with Crippen molar-refractivity contribution in [3.05, 3.63) is 95.6 Å². The smallest absolute Gasteiger partial charge is 0.307 e. The van der Waals surface area contributed by atoms with E-state index in [1.807, 2.05) is 25.1 Å². The number of esters is 1. The van der Waals surface area contributed by atoms with E-state index in [1.165, 1.54) is 7.11 Å². The maximum absolute atomic E-state index is 12.9. The molecule has 0 saturated heterocycles. The normalized spacial score (nSPS) is 11.3. The van der Waals surface area contributed by atoms with Crippen LogP contribution in [-0.2, 0) is 14.3 Å². The van der Waals surface area contributed by atoms with Gasteiger partial charge in [0.1, 0.15) is 5.75 Å². The van der Waals surface area contributed by atoms with Crippen LogP contribution < -0.4 is 10.1 Å². The number of amides is 1. The molecule has 0 saturated carbocycles. The van der Waals surface area contributed by atoms with Gasteiger partial charge in [0, 0.05) is 29.3 Å². The molecule has 1 amide bonds. The van der Waals surface area contributed by atoms with Crippen molar-refractivity contribution in [1.29, 1.82) is 0 Å². The van der Waals surface area contributed by atoms with Crippen LogP contribution in [0.2, 0.25) is 0 Å². The van der Waals surface area contributed by atoms with Crippen molar-refractivity contribution >= 4 is 23.3 Å². The molecule has 0 spiro atoms. The number of aryl methyl sites for hydroxylation is 1. The number of nitrogens with one attached hydrogen (secondary N) is 1. The number of hydrogen-bond donors (Lipinski definition) is 1. The Labute approximate surface area is 187 Å². The van der Waals surface area contributed by atoms with Crippen LogP contribution >= 0.6 is 0 Å². The standard InChI is InChI=1S/C26H25NO5/c1-18-11-13-19(14-12-18)23(28)15-16-24(29)32-25(20-7-4-3-5-8-20)26(30)27-21-9-6-10-22(17-21)31-2/h3-14,17,25H,15-16H2,1-2H3,(H,27,30). The predicted molar refractivity (Wildman–Crippen MR) is 122 cm³/mol. The highest BCUT2D eigenvalue weighted by Crippen LogP contribution is 2.23. The van der Waals surface area contributed by atoms with Crippen molar-refractivity contribution in [3.8, 4) is 5.75 Å². The molecule has 0 aliphatic carbocycles. The highest BCUT2D eigenvalue weighted by Gasteiger charge is 2.25. The molecular formula is C26H25NO5. The number of carbonyl (C=O) groups excluding carboxylic acids is 3. The third kappa shape index (κ3) is 6.28. The molecule has 6 nitrogen and oxygen atoms in total. The number of hydrogen-bond acceptors (Lipinski definition) is 5. The van der Waals surface area contributed by atoms with E-state index < -0.39 is 18.0 Å². The Bertz CT molecular complexity index is 1080. The fourth-order valence-corrected chi connectivity index (χ4v) is 3.10. The molecule has 0 aliphatic rings. The first-order chi connectivity index (χ1) is 15.5. The van der Waals surface area contributed by atoms with Crippen LogP contribution in [0.25, 0.3) is 0 Å². The van der Waals surface area contributed by atoms with Gasteiger partial charge < -0.3 is 14.8 Å². The summed E-state index contributed by atoms with van der Waals surface area (Å²) < 4.78 is 10.7. The second kappa shape index (κ2) is 10.9. The van der Waals surface area contributed by atoms with Gasteiger partial charge in [-0.15, -0.1) is 0 Å². The van der Waals surface area contributed by atoms with Crippen LogP contribution in [0.1, 0.15) is 40.4 Å². The number of Topliss-reactive ketones (excluding diaryl/α,β-unsaturated/α-hetero) is 1. The third-order valence-electron chi connectivity index (χ3n) is 4.86. The van der Waals surface area contributed by atoms with Gasteiger partial charge in [0.2, 0.25) is 6.10 Å². The Kier molecular flexibility index (Phi) is 7.75. The average molecular weight is 431 g/mol. The van der Waals surface area contributed by atoms with E-state index in [9.17, 15) is 14.4 Å². The molecule has 0 aromatic heterocycles. The summed E-state index contributed by atoms with van der Waals surface area (Å²) in [4.78, 5) is 37.8. The Balaban J connectivity index is 1.67. The zero-order chi connectivity index (χ0) is 22.9. The van der Waals surface area contributed by atoms with Gasteiger partial charge in [0.05, 0.1) is 13.5 Å². The van der Waals surface area contributed by atoms with E-state index in [0.29, 0.717) is 22.6 Å². The zero-order valence-electron chi connectivity index (χ0n) is 18.0. The van der Waals surface area contributed by atoms with Gasteiger partial charge in [0.15, 0.2) is 5.78 Å². The van der Waals surface area contributed by atoms with E-state index in [1.54, 1.807) is 60.7 Å². The Morgan fingerprint density at radius 1 is 0.875 bits per heavy atom. The summed E-state index contributed by atoms with van der Waals surface area (Å²) in [6.45, 7) is 1.94. The van der Waals surface area contributed by atoms with Crippen molar-refractivity contribution in [2.45, 2.75) is 25.9 Å². The van der Waals surface area contributed by atoms with Crippen molar-refractivity contribution in [2.75, 3.05) is 12.4 Å². The fourth-order valence-electron chi connectivity index (χ4n) is 3.10. The monoisotopic (exact) mass is 431 g/mol. The minimum Gasteiger partial charge on any atom is -0.497 e. The number of ketones is 1. The summed E-state index contributed by atoms with van der Waals surface area (Å²) in [6, 6.07) is 22.8. The van der Waals surface area contributed by atoms with Gasteiger partial charge in [-0.2, -0.15) is 0 Å². The SMILES string of the molecule is COc1cccc(NC(=O)C(OC(=O)CCC(=O)c2ccc(C)cc2)c2ccccc2)c1. The second-order valence-corrected chi connectivity index (χ2v) is 7.29. The lowest BCUT2D eigenvalue weighted by molar-refractivity contribution is -0.154. The number of anilines is 1. The summed E-state index contributed by atoms with van der Waals surface area (Å²) in [5, 5.41) is 2.75. The molecule has 0 fully saturated rings. The molecule has 3 rings (SSSR count). The number of carbonyl (C=O) groups is 3. The molecule has 6 heteroatoms. The third-order valence-corrected chi connectivity index (χ3v) is 4.86. The highest BCUT2D eigenvalue weighted by atomic mass is 16.5. The van der Waals surface area contributed by atoms with Gasteiger partial charge in [-0.3, -0.25) is 14.4 Å². The maximum atomic E-state index is 12.9. The molecule has 0 bridgehead atoms. The van der Waals surface area contributed by atoms with Crippen molar-refractivity contribution in [3.63, 3.8) is 0 Å². The topological polar surface area (TPSA) is 81.7 Å². The first-order valence-corrected chi connectivity index (χ1v) is 10.3. The lowest BCUT2D eigenvalue weighted by atomic mass is 10.1. The molecule has 3 aromatic rings. The maximum Gasteiger partial charge on any atom is 0.307 e. The summed E-state index contributed by atoms with van der Waals surface area (Å²) in [7, 11) is 1.54. The molecule has 1 N–H and O–H groups in total. The minimum absolute atomic E-state index is 0.000900. The van der Waals surface area contributed by atoms with E-state index in [0.717, 1.165) is 5.56 Å². The predicted octanol–water partition coefficient (Wildman–Crippen LogP) is 4.89. The molecule has 0 radical (unpaired) electrons. The fraction of sp³-hybridized carbons (Fsp3) is 0.192. The molecular weight excluding hydrogens is 406 g/mol. The van der Waals surface area contributed by atoms with Gasteiger partial charge in [-0.1, -0.05) is 66.2 Å². The molecule has 1 atom stereocenters. The molecule has 32 heavy (non-hydrogen) atoms. The molecule has 1 unspecified atom stereocenters. The van der Waals surface area contributed by atoms with E-state index in [-0.39, 0.29) is 18.6 Å². The van der Waals surface area contributed by atoms with Gasteiger partial charge in [-0.05, 0) is 19.1 Å². The number of ether oxygens (including phenoxy) is 2. The zero-order valence-corrected chi connectivity index (χ0v) is 18.0. The van der Waals surface area contributed by atoms with E-state index in [4.69, 9.17) is 9.47 Å². The summed E-state index contributed by atoms with van der Waals surface area (Å²) in [5.74, 6) is -0.688. The summed E-state index contributed by atoms with van der Waals surface area (Å²) in [5.41, 5.74) is 2.64. The Hall–Kier alpha value is -3.93. The van der Waals surface area contributed by atoms with Crippen LogP contribution in [0.4, 0.5) is 5.69 Å². The lowest BCUT2D eigenvalue weighted by Crippen LogP contribution is -2.26. The van der Waals surface area contributed by atoms with Crippen molar-refractivity contribution in [1.82, 2.24) is 0 Å². The Morgan fingerprint density at radius 3 is 2.28 bits per heavy atom. The molecule has 164 valence electrons. The lowest BCUT2D eigenvalue weighted by Gasteiger charge is -2.18. The highest BCUT2D eigenvalue weighted by molar-refractivity contribution is 5.98. The molecule has 3 aromatic carbocycles. The quantitative estimate of drug-likeness (QED) is 0.385. The van der Waals surface area contributed by atoms with Gasteiger partial charge >= 0.3 is 5.97 Å². The van der Waals surface area contributed by atoms with Crippen LogP contribution in [0.3, 0.4) is 0 Å². The summed E-state index contributed by atoms with van der Waals surface area (Å²) >= 11 is 0. The molecule has 0 aliphatic heterocycles. The molecule has 0 heterocycles. The van der Waals surface area contributed by atoms with Crippen molar-refractivity contribution in [2.24, 2.45) is 0 Å². The largest absolute Gasteiger partial charge is 0.497 e. The van der Waals surface area contributed by atoms with Crippen LogP contribution in [0.5, 0.6) is 5.75 Å². The first-order valence-electron chi connectivity index (χ1n) is 10.3.